The second-order valence-corrected chi connectivity index (χ2v) is 8.60. The van der Waals surface area contributed by atoms with Gasteiger partial charge in [-0.15, -0.1) is 0 Å². The van der Waals surface area contributed by atoms with Crippen LogP contribution in [0.1, 0.15) is 42.1 Å². The van der Waals surface area contributed by atoms with E-state index in [4.69, 9.17) is 0 Å². The molecular formula is C23H27N7O2. The zero-order valence-electron chi connectivity index (χ0n) is 18.4. The van der Waals surface area contributed by atoms with Gasteiger partial charge in [-0.2, -0.15) is 4.98 Å². The molecule has 0 radical (unpaired) electrons. The highest BCUT2D eigenvalue weighted by molar-refractivity contribution is 5.99. The number of hydrogen-bond acceptors (Lipinski definition) is 8. The summed E-state index contributed by atoms with van der Waals surface area (Å²) in [5.74, 6) is 0.680. The summed E-state index contributed by atoms with van der Waals surface area (Å²) in [5.41, 5.74) is 1.79. The van der Waals surface area contributed by atoms with Crippen LogP contribution < -0.4 is 15.8 Å². The van der Waals surface area contributed by atoms with Gasteiger partial charge in [-0.25, -0.2) is 9.97 Å². The number of aromatic nitrogens is 4. The summed E-state index contributed by atoms with van der Waals surface area (Å²) in [6, 6.07) is 4.77. The molecule has 1 aliphatic heterocycles. The molecule has 0 amide bonds. The van der Waals surface area contributed by atoms with Crippen LogP contribution in [0, 0.1) is 6.92 Å². The Kier molecular flexibility index (Phi) is 5.34. The van der Waals surface area contributed by atoms with Crippen molar-refractivity contribution in [3.8, 4) is 0 Å². The fourth-order valence-corrected chi connectivity index (χ4v) is 4.57. The van der Waals surface area contributed by atoms with Crippen LogP contribution in [-0.2, 0) is 0 Å². The normalized spacial score (nSPS) is 17.4. The number of nitrogens with one attached hydrogen (secondary N) is 2. The zero-order valence-corrected chi connectivity index (χ0v) is 18.4. The fourth-order valence-electron chi connectivity index (χ4n) is 4.57. The van der Waals surface area contributed by atoms with Crippen LogP contribution in [0.5, 0.6) is 0 Å². The van der Waals surface area contributed by atoms with Gasteiger partial charge < -0.3 is 15.2 Å². The summed E-state index contributed by atoms with van der Waals surface area (Å²) < 4.78 is 0. The van der Waals surface area contributed by atoms with E-state index in [-0.39, 0.29) is 11.3 Å². The quantitative estimate of drug-likeness (QED) is 0.592. The molecule has 0 bridgehead atoms. The van der Waals surface area contributed by atoms with Crippen molar-refractivity contribution >= 4 is 34.3 Å². The maximum atomic E-state index is 12.3. The molecule has 3 aromatic heterocycles. The van der Waals surface area contributed by atoms with E-state index in [2.05, 4.69) is 41.1 Å². The lowest BCUT2D eigenvalue weighted by molar-refractivity contribution is 0.101. The highest BCUT2D eigenvalue weighted by Gasteiger charge is 2.28. The average Bonchev–Trinajstić information content (AvgIpc) is 2.73. The maximum Gasteiger partial charge on any atom is 0.260 e. The van der Waals surface area contributed by atoms with Crippen molar-refractivity contribution < 1.29 is 4.79 Å². The minimum Gasteiger partial charge on any atom is -0.368 e. The Morgan fingerprint density at radius 3 is 2.53 bits per heavy atom. The molecule has 0 aromatic carbocycles. The van der Waals surface area contributed by atoms with Gasteiger partial charge in [-0.3, -0.25) is 14.5 Å². The zero-order chi connectivity index (χ0) is 22.2. The molecule has 3 aromatic rings. The van der Waals surface area contributed by atoms with E-state index < -0.39 is 5.56 Å². The largest absolute Gasteiger partial charge is 0.368 e. The number of rotatable bonds is 5. The molecule has 1 aliphatic carbocycles. The first-order valence-electron chi connectivity index (χ1n) is 11.1. The molecule has 4 heterocycles. The third kappa shape index (κ3) is 3.84. The van der Waals surface area contributed by atoms with Crippen LogP contribution in [0.25, 0.3) is 11.0 Å². The summed E-state index contributed by atoms with van der Waals surface area (Å²) in [5, 5.41) is 3.73. The number of fused-ring (bicyclic) bond motifs is 1. The van der Waals surface area contributed by atoms with Gasteiger partial charge in [0, 0.05) is 43.8 Å². The third-order valence-corrected chi connectivity index (χ3v) is 6.64. The molecule has 2 N–H and O–H groups in total. The Morgan fingerprint density at radius 2 is 1.91 bits per heavy atom. The Balaban J connectivity index is 1.28. The minimum absolute atomic E-state index is 0.146. The first kappa shape index (κ1) is 20.6. The molecule has 5 rings (SSSR count). The molecule has 2 fully saturated rings. The molecule has 166 valence electrons. The summed E-state index contributed by atoms with van der Waals surface area (Å²) in [6.45, 7) is 7.37. The Bertz CT molecular complexity index is 1210. The number of piperazine rings is 1. The minimum atomic E-state index is -0.438. The smallest absolute Gasteiger partial charge is 0.260 e. The van der Waals surface area contributed by atoms with E-state index in [1.165, 1.54) is 26.2 Å². The van der Waals surface area contributed by atoms with Gasteiger partial charge in [-0.05, 0) is 44.4 Å². The van der Waals surface area contributed by atoms with Gasteiger partial charge in [-0.1, -0.05) is 6.42 Å². The number of nitrogens with zero attached hydrogens (tertiary/aromatic N) is 5. The van der Waals surface area contributed by atoms with Crippen LogP contribution in [0.3, 0.4) is 0 Å². The summed E-state index contributed by atoms with van der Waals surface area (Å²) >= 11 is 0. The molecule has 9 heteroatoms. The number of H-pyrrole nitrogens is 1. The van der Waals surface area contributed by atoms with E-state index in [1.54, 1.807) is 13.1 Å². The lowest BCUT2D eigenvalue weighted by atomic mass is 9.91. The van der Waals surface area contributed by atoms with Crippen molar-refractivity contribution in [1.29, 1.82) is 0 Å². The van der Waals surface area contributed by atoms with Crippen molar-refractivity contribution in [3.63, 3.8) is 0 Å². The number of Topliss-reactive ketones (excluding diaryl/α,β-unsaturated/α-hetero) is 1. The molecule has 1 saturated carbocycles. The predicted molar refractivity (Wildman–Crippen MR) is 124 cm³/mol. The molecule has 0 unspecified atom stereocenters. The Morgan fingerprint density at radius 1 is 1.12 bits per heavy atom. The van der Waals surface area contributed by atoms with Crippen molar-refractivity contribution in [2.75, 3.05) is 36.4 Å². The second kappa shape index (κ2) is 8.31. The molecule has 0 spiro atoms. The molecule has 32 heavy (non-hydrogen) atoms. The standard InChI is InChI=1S/C23H27N7O2/c1-14-18-13-25-23(28-21(18)27-22(32)20(14)15(2)31)26-19-7-6-17(12-24-19)30-10-8-29(9-11-30)16-4-3-5-16/h6-7,12-13,16H,3-5,8-11H2,1-2H3,(H2,24,25,26,27,28,32). The van der Waals surface area contributed by atoms with Gasteiger partial charge in [0.2, 0.25) is 5.95 Å². The van der Waals surface area contributed by atoms with Crippen LogP contribution in [0.15, 0.2) is 29.3 Å². The summed E-state index contributed by atoms with van der Waals surface area (Å²) in [4.78, 5) is 44.9. The van der Waals surface area contributed by atoms with Crippen LogP contribution in [0.2, 0.25) is 0 Å². The fraction of sp³-hybridized carbons (Fsp3) is 0.435. The lowest BCUT2D eigenvalue weighted by Gasteiger charge is -2.43. The number of carbonyl (C=O) groups excluding carboxylic acids is 1. The maximum absolute atomic E-state index is 12.3. The van der Waals surface area contributed by atoms with Crippen molar-refractivity contribution in [2.24, 2.45) is 0 Å². The topological polar surface area (TPSA) is 107 Å². The van der Waals surface area contributed by atoms with Crippen molar-refractivity contribution in [1.82, 2.24) is 24.8 Å². The van der Waals surface area contributed by atoms with E-state index in [0.29, 0.717) is 28.4 Å². The Labute approximate surface area is 185 Å². The van der Waals surface area contributed by atoms with Gasteiger partial charge >= 0.3 is 0 Å². The van der Waals surface area contributed by atoms with Gasteiger partial charge in [0.1, 0.15) is 11.5 Å². The highest BCUT2D eigenvalue weighted by atomic mass is 16.1. The van der Waals surface area contributed by atoms with E-state index in [9.17, 15) is 9.59 Å². The predicted octanol–water partition coefficient (Wildman–Crippen LogP) is 2.64. The van der Waals surface area contributed by atoms with Crippen LogP contribution in [0.4, 0.5) is 17.5 Å². The highest BCUT2D eigenvalue weighted by Crippen LogP contribution is 2.27. The van der Waals surface area contributed by atoms with E-state index >= 15 is 0 Å². The number of anilines is 3. The van der Waals surface area contributed by atoms with Gasteiger partial charge in [0.05, 0.1) is 17.4 Å². The summed E-state index contributed by atoms with van der Waals surface area (Å²) in [6.07, 6.45) is 7.55. The SMILES string of the molecule is CC(=O)c1c(C)c2cnc(Nc3ccc(N4CCN(C5CCC5)CC4)cn3)nc2[nH]c1=O. The number of ketones is 1. The number of aromatic amines is 1. The van der Waals surface area contributed by atoms with Crippen molar-refractivity contribution in [3.05, 3.63) is 46.0 Å². The average molecular weight is 434 g/mol. The van der Waals surface area contributed by atoms with Gasteiger partial charge in [0.25, 0.3) is 5.56 Å². The lowest BCUT2D eigenvalue weighted by Crippen LogP contribution is -2.52. The first-order valence-corrected chi connectivity index (χ1v) is 11.1. The third-order valence-electron chi connectivity index (χ3n) is 6.64. The number of pyridine rings is 2. The van der Waals surface area contributed by atoms with Crippen LogP contribution in [-0.4, -0.2) is 62.8 Å². The molecule has 2 aliphatic rings. The molecule has 0 atom stereocenters. The Hall–Kier alpha value is -3.33. The van der Waals surface area contributed by atoms with Crippen molar-refractivity contribution in [2.45, 2.75) is 39.2 Å². The molecule has 1 saturated heterocycles. The van der Waals surface area contributed by atoms with Gasteiger partial charge in [0.15, 0.2) is 5.78 Å². The monoisotopic (exact) mass is 433 g/mol. The van der Waals surface area contributed by atoms with E-state index in [0.717, 1.165) is 37.9 Å². The molecule has 9 nitrogen and oxygen atoms in total. The number of aryl methyl sites for hydroxylation is 1. The van der Waals surface area contributed by atoms with Crippen LogP contribution >= 0.6 is 0 Å². The number of carbonyl (C=O) groups is 1. The second-order valence-electron chi connectivity index (χ2n) is 8.60. The molecular weight excluding hydrogens is 406 g/mol. The number of hydrogen-bond donors (Lipinski definition) is 2. The summed E-state index contributed by atoms with van der Waals surface area (Å²) in [7, 11) is 0. The first-order chi connectivity index (χ1) is 15.5. The van der Waals surface area contributed by atoms with E-state index in [1.807, 2.05) is 12.3 Å².